The maximum Gasteiger partial charge on any atom is 0.350 e. The molecular weight excluding hydrogens is 437 g/mol. The second kappa shape index (κ2) is 9.17. The second-order valence-electron chi connectivity index (χ2n) is 7.36. The van der Waals surface area contributed by atoms with Crippen molar-refractivity contribution in [2.24, 2.45) is 0 Å². The molecule has 4 rings (SSSR count). The topological polar surface area (TPSA) is 134 Å². The van der Waals surface area contributed by atoms with Crippen LogP contribution in [0.4, 0.5) is 10.1 Å². The van der Waals surface area contributed by atoms with Gasteiger partial charge in [0.15, 0.2) is 0 Å². The summed E-state index contributed by atoms with van der Waals surface area (Å²) in [6.07, 6.45) is -3.57. The van der Waals surface area contributed by atoms with Crippen molar-refractivity contribution in [2.45, 2.75) is 24.9 Å². The summed E-state index contributed by atoms with van der Waals surface area (Å²) >= 11 is 0. The molecule has 1 fully saturated rings. The van der Waals surface area contributed by atoms with E-state index < -0.39 is 52.9 Å². The SMILES string of the molecule is O=C(OC[C@H]1OC(n2cc([N+](=O)[O-])c(=O)[nH]c2=O)C[C@@H]1F)c1ccc(-c2ccccc2)cc1. The van der Waals surface area contributed by atoms with Crippen LogP contribution in [0.25, 0.3) is 11.1 Å². The summed E-state index contributed by atoms with van der Waals surface area (Å²) < 4.78 is 25.8. The lowest BCUT2D eigenvalue weighted by molar-refractivity contribution is -0.387. The zero-order chi connectivity index (χ0) is 23.5. The number of carbonyl (C=O) groups is 1. The van der Waals surface area contributed by atoms with Crippen molar-refractivity contribution in [1.82, 2.24) is 9.55 Å². The first-order valence-electron chi connectivity index (χ1n) is 9.95. The molecule has 1 aromatic heterocycles. The third kappa shape index (κ3) is 4.72. The van der Waals surface area contributed by atoms with Gasteiger partial charge in [-0.3, -0.25) is 24.5 Å². The van der Waals surface area contributed by atoms with Crippen molar-refractivity contribution < 1.29 is 23.6 Å². The number of hydrogen-bond acceptors (Lipinski definition) is 7. The number of ether oxygens (including phenoxy) is 2. The molecule has 3 aromatic rings. The number of nitro groups is 1. The molecule has 1 aliphatic heterocycles. The van der Waals surface area contributed by atoms with E-state index in [1.807, 2.05) is 30.3 Å². The number of rotatable bonds is 6. The van der Waals surface area contributed by atoms with Gasteiger partial charge >= 0.3 is 22.9 Å². The summed E-state index contributed by atoms with van der Waals surface area (Å²) in [5.41, 5.74) is -0.840. The fraction of sp³-hybridized carbons (Fsp3) is 0.227. The number of aromatic nitrogens is 2. The number of alkyl halides is 1. The zero-order valence-electron chi connectivity index (χ0n) is 17.0. The maximum absolute atomic E-state index is 14.4. The Kier molecular flexibility index (Phi) is 6.13. The Hall–Kier alpha value is -4.12. The number of benzene rings is 2. The molecule has 10 nitrogen and oxygen atoms in total. The molecule has 2 heterocycles. The summed E-state index contributed by atoms with van der Waals surface area (Å²) in [5, 5.41) is 10.9. The van der Waals surface area contributed by atoms with Gasteiger partial charge in [0.2, 0.25) is 0 Å². The molecule has 1 aliphatic rings. The highest BCUT2D eigenvalue weighted by molar-refractivity contribution is 5.90. The summed E-state index contributed by atoms with van der Waals surface area (Å²) in [4.78, 5) is 47.6. The first-order chi connectivity index (χ1) is 15.8. The molecule has 0 spiro atoms. The third-order valence-corrected chi connectivity index (χ3v) is 5.22. The minimum atomic E-state index is -1.60. The van der Waals surface area contributed by atoms with Crippen LogP contribution in [0.5, 0.6) is 0 Å². The highest BCUT2D eigenvalue weighted by Gasteiger charge is 2.38. The highest BCUT2D eigenvalue weighted by atomic mass is 19.1. The van der Waals surface area contributed by atoms with Crippen LogP contribution in [0.15, 0.2) is 70.4 Å². The Balaban J connectivity index is 1.40. The number of hydrogen-bond donors (Lipinski definition) is 1. The maximum atomic E-state index is 14.4. The van der Waals surface area contributed by atoms with E-state index in [-0.39, 0.29) is 12.0 Å². The molecular formula is C22H18FN3O7. The van der Waals surface area contributed by atoms with Gasteiger partial charge in [0.1, 0.15) is 25.1 Å². The van der Waals surface area contributed by atoms with Gasteiger partial charge in [0, 0.05) is 6.42 Å². The molecule has 3 atom stereocenters. The molecule has 0 aliphatic carbocycles. The standard InChI is InChI=1S/C22H18FN3O7/c23-16-10-19(25-11-17(26(30)31)20(27)24-22(25)29)33-18(16)12-32-21(28)15-8-6-14(7-9-15)13-4-2-1-3-5-13/h1-9,11,16,18-19H,10,12H2,(H,24,27,29)/t16-,18+,19?/m0/s1. The van der Waals surface area contributed by atoms with Crippen LogP contribution >= 0.6 is 0 Å². The molecule has 0 bridgehead atoms. The first-order valence-corrected chi connectivity index (χ1v) is 9.95. The van der Waals surface area contributed by atoms with Crippen LogP contribution < -0.4 is 11.2 Å². The van der Waals surface area contributed by atoms with Gasteiger partial charge in [-0.2, -0.15) is 0 Å². The number of nitrogens with zero attached hydrogens (tertiary/aromatic N) is 2. The Morgan fingerprint density at radius 2 is 1.82 bits per heavy atom. The van der Waals surface area contributed by atoms with Gasteiger partial charge in [0.05, 0.1) is 16.7 Å². The van der Waals surface area contributed by atoms with Crippen LogP contribution in [0.2, 0.25) is 0 Å². The number of aromatic amines is 1. The monoisotopic (exact) mass is 455 g/mol. The van der Waals surface area contributed by atoms with E-state index in [4.69, 9.17) is 9.47 Å². The van der Waals surface area contributed by atoms with Crippen molar-refractivity contribution in [3.05, 3.63) is 97.3 Å². The highest BCUT2D eigenvalue weighted by Crippen LogP contribution is 2.30. The Labute approximate surface area is 185 Å². The summed E-state index contributed by atoms with van der Waals surface area (Å²) in [6, 6.07) is 16.3. The van der Waals surface area contributed by atoms with Crippen LogP contribution in [0.1, 0.15) is 23.0 Å². The number of esters is 1. The van der Waals surface area contributed by atoms with Gasteiger partial charge in [-0.05, 0) is 23.3 Å². The molecule has 0 saturated carbocycles. The van der Waals surface area contributed by atoms with Gasteiger partial charge in [-0.1, -0.05) is 42.5 Å². The molecule has 11 heteroatoms. The number of halogens is 1. The van der Waals surface area contributed by atoms with Gasteiger partial charge in [-0.25, -0.2) is 14.0 Å². The van der Waals surface area contributed by atoms with E-state index >= 15 is 0 Å². The largest absolute Gasteiger partial charge is 0.459 e. The Morgan fingerprint density at radius 1 is 1.15 bits per heavy atom. The van der Waals surface area contributed by atoms with E-state index in [0.29, 0.717) is 6.20 Å². The average Bonchev–Trinajstić information content (AvgIpc) is 3.18. The van der Waals surface area contributed by atoms with Crippen molar-refractivity contribution in [3.63, 3.8) is 0 Å². The van der Waals surface area contributed by atoms with E-state index in [0.717, 1.165) is 15.7 Å². The number of H-pyrrole nitrogens is 1. The molecule has 2 aromatic carbocycles. The van der Waals surface area contributed by atoms with Gasteiger partial charge in [-0.15, -0.1) is 0 Å². The van der Waals surface area contributed by atoms with Crippen molar-refractivity contribution in [2.75, 3.05) is 6.61 Å². The quantitative estimate of drug-likeness (QED) is 0.343. The van der Waals surface area contributed by atoms with Crippen LogP contribution in [-0.2, 0) is 9.47 Å². The second-order valence-corrected chi connectivity index (χ2v) is 7.36. The lowest BCUT2D eigenvalue weighted by Gasteiger charge is -2.15. The predicted molar refractivity (Wildman–Crippen MR) is 114 cm³/mol. The lowest BCUT2D eigenvalue weighted by atomic mass is 10.0. The number of carbonyl (C=O) groups excluding carboxylic acids is 1. The van der Waals surface area contributed by atoms with Crippen LogP contribution in [-0.4, -0.2) is 39.3 Å². The minimum absolute atomic E-state index is 0.270. The van der Waals surface area contributed by atoms with E-state index in [1.165, 1.54) is 0 Å². The van der Waals surface area contributed by atoms with Gasteiger partial charge in [0.25, 0.3) is 0 Å². The van der Waals surface area contributed by atoms with E-state index in [9.17, 15) is 28.9 Å². The van der Waals surface area contributed by atoms with Crippen molar-refractivity contribution in [3.8, 4) is 11.1 Å². The fourth-order valence-corrected chi connectivity index (χ4v) is 3.50. The predicted octanol–water partition coefficient (Wildman–Crippen LogP) is 2.59. The molecule has 1 N–H and O–H groups in total. The molecule has 0 radical (unpaired) electrons. The molecule has 33 heavy (non-hydrogen) atoms. The lowest BCUT2D eigenvalue weighted by Crippen LogP contribution is -2.33. The first kappa shape index (κ1) is 22.1. The zero-order valence-corrected chi connectivity index (χ0v) is 17.0. The molecule has 0 amide bonds. The normalized spacial score (nSPS) is 19.8. The third-order valence-electron chi connectivity index (χ3n) is 5.22. The van der Waals surface area contributed by atoms with Gasteiger partial charge < -0.3 is 9.47 Å². The minimum Gasteiger partial charge on any atom is -0.459 e. The number of nitrogens with one attached hydrogen (secondary N) is 1. The van der Waals surface area contributed by atoms with Crippen molar-refractivity contribution >= 4 is 11.7 Å². The van der Waals surface area contributed by atoms with Crippen LogP contribution in [0, 0.1) is 10.1 Å². The molecule has 1 saturated heterocycles. The van der Waals surface area contributed by atoms with Crippen LogP contribution in [0.3, 0.4) is 0 Å². The summed E-state index contributed by atoms with van der Waals surface area (Å²) in [6.45, 7) is -0.420. The van der Waals surface area contributed by atoms with Crippen molar-refractivity contribution in [1.29, 1.82) is 0 Å². The Morgan fingerprint density at radius 3 is 2.48 bits per heavy atom. The van der Waals surface area contributed by atoms with E-state index in [2.05, 4.69) is 0 Å². The van der Waals surface area contributed by atoms with E-state index in [1.54, 1.807) is 29.2 Å². The summed E-state index contributed by atoms with van der Waals surface area (Å²) in [5.74, 6) is -0.675. The molecule has 1 unspecified atom stereocenters. The summed E-state index contributed by atoms with van der Waals surface area (Å²) in [7, 11) is 0. The average molecular weight is 455 g/mol. The Bertz CT molecular complexity index is 1290. The smallest absolute Gasteiger partial charge is 0.350 e. The molecule has 170 valence electrons. The fourth-order valence-electron chi connectivity index (χ4n) is 3.50.